The predicted molar refractivity (Wildman–Crippen MR) is 48.9 cm³/mol. The Bertz CT molecular complexity index is 478. The van der Waals surface area contributed by atoms with E-state index >= 15 is 0 Å². The summed E-state index contributed by atoms with van der Waals surface area (Å²) in [7, 11) is 0. The van der Waals surface area contributed by atoms with Gasteiger partial charge in [0.2, 0.25) is 0 Å². The Labute approximate surface area is 76.6 Å². The zero-order chi connectivity index (χ0) is 8.55. The Morgan fingerprint density at radius 3 is 3.17 bits per heavy atom. The van der Waals surface area contributed by atoms with Crippen LogP contribution in [0.15, 0.2) is 27.5 Å². The molecule has 0 amide bonds. The molecule has 12 heavy (non-hydrogen) atoms. The predicted octanol–water partition coefficient (Wildman–Crippen LogP) is 1.49. The van der Waals surface area contributed by atoms with E-state index in [0.717, 1.165) is 9.99 Å². The van der Waals surface area contributed by atoms with Crippen molar-refractivity contribution < 1.29 is 0 Å². The summed E-state index contributed by atoms with van der Waals surface area (Å²) in [6, 6.07) is 5.34. The maximum Gasteiger partial charge on any atom is 0.281 e. The fourth-order valence-corrected chi connectivity index (χ4v) is 1.37. The van der Waals surface area contributed by atoms with Gasteiger partial charge < -0.3 is 4.98 Å². The number of aromatic nitrogens is 2. The summed E-state index contributed by atoms with van der Waals surface area (Å²) in [5, 5.41) is 0.581. The molecule has 0 spiro atoms. The molecule has 0 aliphatic rings. The van der Waals surface area contributed by atoms with Crippen molar-refractivity contribution in [2.75, 3.05) is 0 Å². The topological polar surface area (TPSA) is 45.8 Å². The van der Waals surface area contributed by atoms with Crippen LogP contribution in [-0.4, -0.2) is 9.97 Å². The van der Waals surface area contributed by atoms with E-state index in [1.54, 1.807) is 12.1 Å². The first-order chi connectivity index (χ1) is 5.77. The van der Waals surface area contributed by atoms with Crippen LogP contribution in [-0.2, 0) is 0 Å². The number of hydrogen-bond acceptors (Lipinski definition) is 2. The highest BCUT2D eigenvalue weighted by Crippen LogP contribution is 2.13. The molecule has 1 N–H and O–H groups in total. The molecule has 0 unspecified atom stereocenters. The minimum absolute atomic E-state index is 0.253. The zero-order valence-corrected chi connectivity index (χ0v) is 7.55. The van der Waals surface area contributed by atoms with Gasteiger partial charge in [-0.2, -0.15) is 4.98 Å². The van der Waals surface area contributed by atoms with Gasteiger partial charge in [-0.3, -0.25) is 4.79 Å². The summed E-state index contributed by atoms with van der Waals surface area (Å²) in [6.07, 6.45) is 2.42. The molecule has 1 aromatic heterocycles. The SMILES string of the molecule is O=c1n[c][nH]c2cc(Br)ccc12. The number of rotatable bonds is 0. The molecule has 0 aliphatic carbocycles. The van der Waals surface area contributed by atoms with Gasteiger partial charge in [-0.1, -0.05) is 15.9 Å². The van der Waals surface area contributed by atoms with Crippen molar-refractivity contribution >= 4 is 26.8 Å². The molecule has 4 heteroatoms. The van der Waals surface area contributed by atoms with E-state index in [0.29, 0.717) is 5.39 Å². The lowest BCUT2D eigenvalue weighted by Gasteiger charge is -1.94. The van der Waals surface area contributed by atoms with Crippen LogP contribution in [0, 0.1) is 6.33 Å². The molecule has 0 aliphatic heterocycles. The average molecular weight is 224 g/mol. The lowest BCUT2D eigenvalue weighted by Crippen LogP contribution is -2.05. The summed E-state index contributed by atoms with van der Waals surface area (Å²) < 4.78 is 0.922. The second kappa shape index (κ2) is 2.71. The Kier molecular flexibility index (Phi) is 1.69. The summed E-state index contributed by atoms with van der Waals surface area (Å²) in [4.78, 5) is 17.4. The number of nitrogens with zero attached hydrogens (tertiary/aromatic N) is 1. The molecule has 0 fully saturated rings. The first-order valence-electron chi connectivity index (χ1n) is 3.33. The molecule has 1 heterocycles. The lowest BCUT2D eigenvalue weighted by atomic mass is 10.2. The second-order valence-corrected chi connectivity index (χ2v) is 3.26. The van der Waals surface area contributed by atoms with Crippen molar-refractivity contribution in [3.05, 3.63) is 39.4 Å². The molecule has 1 radical (unpaired) electrons. The molecule has 0 saturated carbocycles. The Morgan fingerprint density at radius 2 is 2.33 bits per heavy atom. The molecule has 2 rings (SSSR count). The Hall–Kier alpha value is -1.16. The van der Waals surface area contributed by atoms with Crippen LogP contribution in [0.4, 0.5) is 0 Å². The van der Waals surface area contributed by atoms with E-state index in [4.69, 9.17) is 0 Å². The maximum atomic E-state index is 11.1. The smallest absolute Gasteiger partial charge is 0.281 e. The molecular formula is C8H4BrN2O. The molecule has 2 aromatic rings. The van der Waals surface area contributed by atoms with Crippen LogP contribution in [0.25, 0.3) is 10.9 Å². The standard InChI is InChI=1S/C8H4BrN2O/c9-5-1-2-6-7(3-5)10-4-11-8(6)12/h1-3H,(H,10,11,12). The average Bonchev–Trinajstić information content (AvgIpc) is 2.04. The van der Waals surface area contributed by atoms with E-state index in [1.807, 2.05) is 6.07 Å². The number of nitrogens with one attached hydrogen (secondary N) is 1. The van der Waals surface area contributed by atoms with Gasteiger partial charge in [-0.25, -0.2) is 0 Å². The highest BCUT2D eigenvalue weighted by molar-refractivity contribution is 9.10. The summed E-state index contributed by atoms with van der Waals surface area (Å²) in [5.41, 5.74) is 0.487. The number of fused-ring (bicyclic) bond motifs is 1. The normalized spacial score (nSPS) is 10.4. The third-order valence-corrected chi connectivity index (χ3v) is 2.05. The van der Waals surface area contributed by atoms with E-state index in [1.165, 1.54) is 0 Å². The van der Waals surface area contributed by atoms with Gasteiger partial charge in [0.25, 0.3) is 5.56 Å². The molecule has 0 atom stereocenters. The molecule has 1 aromatic carbocycles. The van der Waals surface area contributed by atoms with Gasteiger partial charge in [-0.15, -0.1) is 0 Å². The van der Waals surface area contributed by atoms with Gasteiger partial charge >= 0.3 is 0 Å². The fraction of sp³-hybridized carbons (Fsp3) is 0. The summed E-state index contributed by atoms with van der Waals surface area (Å²) in [6.45, 7) is 0. The van der Waals surface area contributed by atoms with Crippen molar-refractivity contribution in [3.8, 4) is 0 Å². The van der Waals surface area contributed by atoms with Crippen molar-refractivity contribution in [2.24, 2.45) is 0 Å². The fourth-order valence-electron chi connectivity index (χ4n) is 1.01. The van der Waals surface area contributed by atoms with Crippen molar-refractivity contribution in [2.45, 2.75) is 0 Å². The van der Waals surface area contributed by atoms with Crippen LogP contribution in [0.2, 0.25) is 0 Å². The molecule has 3 nitrogen and oxygen atoms in total. The molecule has 0 saturated heterocycles. The summed E-state index contributed by atoms with van der Waals surface area (Å²) >= 11 is 3.30. The molecular weight excluding hydrogens is 220 g/mol. The first-order valence-corrected chi connectivity index (χ1v) is 4.12. The van der Waals surface area contributed by atoms with Crippen LogP contribution in [0.3, 0.4) is 0 Å². The van der Waals surface area contributed by atoms with E-state index in [9.17, 15) is 4.79 Å². The van der Waals surface area contributed by atoms with Crippen LogP contribution < -0.4 is 5.56 Å². The van der Waals surface area contributed by atoms with Gasteiger partial charge in [0, 0.05) is 4.47 Å². The third kappa shape index (κ3) is 1.14. The van der Waals surface area contributed by atoms with E-state index in [-0.39, 0.29) is 5.56 Å². The van der Waals surface area contributed by atoms with Crippen LogP contribution in [0.5, 0.6) is 0 Å². The quantitative estimate of drug-likeness (QED) is 0.736. The third-order valence-electron chi connectivity index (χ3n) is 1.56. The van der Waals surface area contributed by atoms with Gasteiger partial charge in [0.1, 0.15) is 0 Å². The maximum absolute atomic E-state index is 11.1. The lowest BCUT2D eigenvalue weighted by molar-refractivity contribution is 1.15. The van der Waals surface area contributed by atoms with Crippen molar-refractivity contribution in [1.82, 2.24) is 9.97 Å². The van der Waals surface area contributed by atoms with Crippen LogP contribution >= 0.6 is 15.9 Å². The zero-order valence-electron chi connectivity index (χ0n) is 5.97. The molecule has 0 bridgehead atoms. The van der Waals surface area contributed by atoms with Gasteiger partial charge in [0.15, 0.2) is 6.33 Å². The van der Waals surface area contributed by atoms with E-state index < -0.39 is 0 Å². The highest BCUT2D eigenvalue weighted by Gasteiger charge is 1.97. The minimum atomic E-state index is -0.253. The highest BCUT2D eigenvalue weighted by atomic mass is 79.9. The largest absolute Gasteiger partial charge is 0.336 e. The van der Waals surface area contributed by atoms with Gasteiger partial charge in [0.05, 0.1) is 10.9 Å². The van der Waals surface area contributed by atoms with Crippen LogP contribution in [0.1, 0.15) is 0 Å². The summed E-state index contributed by atoms with van der Waals surface area (Å²) in [5.74, 6) is 0. The van der Waals surface area contributed by atoms with Crippen molar-refractivity contribution in [1.29, 1.82) is 0 Å². The molecule has 59 valence electrons. The van der Waals surface area contributed by atoms with E-state index in [2.05, 4.69) is 32.2 Å². The number of aromatic amines is 1. The Morgan fingerprint density at radius 1 is 1.50 bits per heavy atom. The Balaban J connectivity index is 2.96. The number of hydrogen-bond donors (Lipinski definition) is 1. The van der Waals surface area contributed by atoms with Gasteiger partial charge in [-0.05, 0) is 18.2 Å². The monoisotopic (exact) mass is 223 g/mol. The first kappa shape index (κ1) is 7.49. The minimum Gasteiger partial charge on any atom is -0.336 e. The number of H-pyrrole nitrogens is 1. The number of benzene rings is 1. The second-order valence-electron chi connectivity index (χ2n) is 2.34. The van der Waals surface area contributed by atoms with Crippen molar-refractivity contribution in [3.63, 3.8) is 0 Å². The number of halogens is 1.